The standard InChI is InChI=1S/C51H60N4O13S/c1-11-13-35(56)66-43-26(4)44-45(64-24-63-44)38-32-22-62-48(58)51(29-20-33(60-9)34(19-27(29)15-16-53-51)65-49(59)68-50(5,6)7)23-69-47(39(38)43)41-40-37-28(18-30(54(40)8)31(21-52)55(32)41)17-25(3)42(61-10)46(37)67-36(57)14-12-2/h17,19-20,30-32,40-41,47,53H,11-16,18,22-24H2,1-10H3/t30-,31+,32+,40-,41?,47-,51-/m1/s1. The van der Waals surface area contributed by atoms with Crippen LogP contribution in [0.25, 0.3) is 0 Å². The first-order valence-electron chi connectivity index (χ1n) is 23.6. The molecule has 4 bridgehead atoms. The van der Waals surface area contributed by atoms with Gasteiger partial charge in [0.15, 0.2) is 40.0 Å². The second-order valence-electron chi connectivity index (χ2n) is 19.5. The lowest BCUT2D eigenvalue weighted by Crippen LogP contribution is -2.69. The summed E-state index contributed by atoms with van der Waals surface area (Å²) in [6, 6.07) is 5.06. The van der Waals surface area contributed by atoms with Gasteiger partial charge in [-0.1, -0.05) is 19.9 Å². The molecule has 0 amide bonds. The minimum atomic E-state index is -1.48. The molecular formula is C51H60N4O13S. The largest absolute Gasteiger partial charge is 0.514 e. The van der Waals surface area contributed by atoms with Gasteiger partial charge in [-0.3, -0.25) is 24.7 Å². The minimum absolute atomic E-state index is 0.0721. The number of hydrogen-bond acceptors (Lipinski definition) is 18. The molecule has 7 aliphatic rings. The highest BCUT2D eigenvalue weighted by Crippen LogP contribution is 2.65. The minimum Gasteiger partial charge on any atom is -0.493 e. The van der Waals surface area contributed by atoms with E-state index in [-0.39, 0.29) is 49.5 Å². The fraction of sp³-hybridized carbons (Fsp3) is 0.549. The number of nitriles is 1. The van der Waals surface area contributed by atoms with Crippen LogP contribution >= 0.6 is 11.8 Å². The lowest BCUT2D eigenvalue weighted by atomic mass is 9.71. The number of carbonyl (C=O) groups is 4. The Morgan fingerprint density at radius 3 is 2.28 bits per heavy atom. The average molecular weight is 969 g/mol. The SMILES string of the molecule is CCCC(=O)Oc1c(C)c2c(c3c1[C@H]1SC[C@]4(NCCc5cc(OC(=O)OC(C)(C)C)c(OC)cc54)C(=O)OC[C@@H]3N3C1[C@H]1c4c(cc(C)c(OC)c4OC(=O)CCC)C[C@H]([C@@H]3C#N)N1C)OCO2. The monoisotopic (exact) mass is 968 g/mol. The summed E-state index contributed by atoms with van der Waals surface area (Å²) in [6.07, 6.45) is 1.50. The molecule has 7 aliphatic heterocycles. The number of rotatable bonds is 9. The third kappa shape index (κ3) is 8.08. The van der Waals surface area contributed by atoms with E-state index in [0.29, 0.717) is 83.2 Å². The number of aryl methyl sites for hydroxylation is 1. The van der Waals surface area contributed by atoms with Gasteiger partial charge in [-0.2, -0.15) is 5.26 Å². The summed E-state index contributed by atoms with van der Waals surface area (Å²) in [5.41, 5.74) is 3.35. The Labute approximate surface area is 406 Å². The second-order valence-corrected chi connectivity index (χ2v) is 20.6. The second kappa shape index (κ2) is 18.5. The maximum atomic E-state index is 15.3. The number of methoxy groups -OCH3 is 2. The number of benzene rings is 3. The molecule has 0 saturated carbocycles. The molecule has 1 unspecified atom stereocenters. The number of carbonyl (C=O) groups excluding carboxylic acids is 4. The van der Waals surface area contributed by atoms with Crippen molar-refractivity contribution >= 4 is 35.8 Å². The Kier molecular flexibility index (Phi) is 13.0. The predicted octanol–water partition coefficient (Wildman–Crippen LogP) is 7.38. The third-order valence-electron chi connectivity index (χ3n) is 14.1. The van der Waals surface area contributed by atoms with E-state index < -0.39 is 64.6 Å². The van der Waals surface area contributed by atoms with Crippen LogP contribution in [0.15, 0.2) is 18.2 Å². The van der Waals surface area contributed by atoms with Crippen LogP contribution in [0.4, 0.5) is 4.79 Å². The number of esters is 3. The molecular weight excluding hydrogens is 909 g/mol. The normalized spacial score (nSPS) is 25.5. The summed E-state index contributed by atoms with van der Waals surface area (Å²) in [4.78, 5) is 60.0. The van der Waals surface area contributed by atoms with Crippen LogP contribution in [-0.2, 0) is 42.2 Å². The number of likely N-dealkylation sites (N-methyl/N-ethyl adjacent to an activating group) is 1. The zero-order valence-electron chi connectivity index (χ0n) is 40.8. The van der Waals surface area contributed by atoms with Gasteiger partial charge in [0.25, 0.3) is 0 Å². The molecule has 2 fully saturated rings. The van der Waals surface area contributed by atoms with E-state index in [0.717, 1.165) is 22.3 Å². The molecule has 1 N–H and O–H groups in total. The van der Waals surface area contributed by atoms with Gasteiger partial charge in [-0.25, -0.2) is 9.59 Å². The first-order valence-corrected chi connectivity index (χ1v) is 24.7. The van der Waals surface area contributed by atoms with E-state index in [1.807, 2.05) is 34.7 Å². The zero-order chi connectivity index (χ0) is 49.3. The maximum Gasteiger partial charge on any atom is 0.514 e. The Morgan fingerprint density at radius 2 is 1.61 bits per heavy atom. The van der Waals surface area contributed by atoms with E-state index in [1.165, 1.54) is 18.9 Å². The molecule has 0 radical (unpaired) electrons. The van der Waals surface area contributed by atoms with Crippen LogP contribution in [-0.4, -0.2) is 105 Å². The fourth-order valence-corrected chi connectivity index (χ4v) is 13.0. The van der Waals surface area contributed by atoms with Crippen LogP contribution in [0, 0.1) is 25.2 Å². The molecule has 1 spiro atoms. The maximum absolute atomic E-state index is 15.3. The number of ether oxygens (including phenoxy) is 9. The number of nitrogens with one attached hydrogen (secondary N) is 1. The Morgan fingerprint density at radius 1 is 0.899 bits per heavy atom. The topological polar surface area (TPSA) is 194 Å². The first kappa shape index (κ1) is 48.3. The smallest absolute Gasteiger partial charge is 0.493 e. The molecule has 368 valence electrons. The van der Waals surface area contributed by atoms with Crippen LogP contribution in [0.2, 0.25) is 0 Å². The van der Waals surface area contributed by atoms with Gasteiger partial charge in [-0.15, -0.1) is 11.8 Å². The van der Waals surface area contributed by atoms with E-state index in [4.69, 9.17) is 42.6 Å². The molecule has 69 heavy (non-hydrogen) atoms. The van der Waals surface area contributed by atoms with Gasteiger partial charge < -0.3 is 42.6 Å². The van der Waals surface area contributed by atoms with E-state index in [2.05, 4.69) is 27.3 Å². The van der Waals surface area contributed by atoms with Crippen LogP contribution < -0.4 is 38.5 Å². The van der Waals surface area contributed by atoms with E-state index in [9.17, 15) is 19.6 Å². The van der Waals surface area contributed by atoms with Gasteiger partial charge >= 0.3 is 24.1 Å². The number of piperazine rings is 1. The molecule has 10 rings (SSSR count). The highest BCUT2D eigenvalue weighted by molar-refractivity contribution is 7.99. The molecule has 3 aromatic rings. The van der Waals surface area contributed by atoms with Gasteiger partial charge in [0.05, 0.1) is 37.6 Å². The molecule has 3 aromatic carbocycles. The first-order chi connectivity index (χ1) is 33.0. The van der Waals surface area contributed by atoms with Crippen molar-refractivity contribution in [2.45, 2.75) is 134 Å². The molecule has 17 nitrogen and oxygen atoms in total. The summed E-state index contributed by atoms with van der Waals surface area (Å²) in [5, 5.41) is 14.3. The van der Waals surface area contributed by atoms with Gasteiger partial charge in [0.2, 0.25) is 6.79 Å². The Balaban J connectivity index is 1.29. The molecule has 0 aliphatic carbocycles. The lowest BCUT2D eigenvalue weighted by molar-refractivity contribution is -0.157. The highest BCUT2D eigenvalue weighted by Gasteiger charge is 2.62. The summed E-state index contributed by atoms with van der Waals surface area (Å²) in [6.45, 7) is 12.8. The molecule has 18 heteroatoms. The third-order valence-corrected chi connectivity index (χ3v) is 15.6. The Bertz CT molecular complexity index is 2660. The van der Waals surface area contributed by atoms with E-state index >= 15 is 4.79 Å². The molecule has 7 heterocycles. The highest BCUT2D eigenvalue weighted by atomic mass is 32.2. The number of thioether (sulfide) groups is 1. The Hall–Kier alpha value is -5.74. The summed E-state index contributed by atoms with van der Waals surface area (Å²) < 4.78 is 55.0. The molecule has 2 saturated heterocycles. The van der Waals surface area contributed by atoms with Crippen molar-refractivity contribution in [3.63, 3.8) is 0 Å². The van der Waals surface area contributed by atoms with Crippen molar-refractivity contribution in [2.75, 3.05) is 47.0 Å². The molecule has 0 aromatic heterocycles. The van der Waals surface area contributed by atoms with E-state index in [1.54, 1.807) is 40.0 Å². The van der Waals surface area contributed by atoms with Crippen molar-refractivity contribution in [2.24, 2.45) is 0 Å². The van der Waals surface area contributed by atoms with Crippen LogP contribution in [0.5, 0.6) is 40.2 Å². The summed E-state index contributed by atoms with van der Waals surface area (Å²) >= 11 is 1.46. The summed E-state index contributed by atoms with van der Waals surface area (Å²) in [5.74, 6) is 0.965. The predicted molar refractivity (Wildman–Crippen MR) is 251 cm³/mol. The number of hydrogen-bond donors (Lipinski definition) is 1. The fourth-order valence-electron chi connectivity index (χ4n) is 11.3. The van der Waals surface area contributed by atoms with Crippen molar-refractivity contribution in [3.05, 3.63) is 62.7 Å². The lowest BCUT2D eigenvalue weighted by Gasteiger charge is -2.62. The number of fused-ring (bicyclic) bond motifs is 9. The average Bonchev–Trinajstić information content (AvgIpc) is 3.79. The van der Waals surface area contributed by atoms with Crippen molar-refractivity contribution in [3.8, 4) is 46.3 Å². The van der Waals surface area contributed by atoms with Crippen molar-refractivity contribution in [1.82, 2.24) is 15.1 Å². The molecule has 7 atom stereocenters. The van der Waals surface area contributed by atoms with Crippen LogP contribution in [0.3, 0.4) is 0 Å². The van der Waals surface area contributed by atoms with Gasteiger partial charge in [0.1, 0.15) is 24.0 Å². The zero-order valence-corrected chi connectivity index (χ0v) is 41.6. The van der Waals surface area contributed by atoms with Gasteiger partial charge in [-0.05, 0) is 102 Å². The van der Waals surface area contributed by atoms with Crippen LogP contribution in [0.1, 0.15) is 122 Å². The van der Waals surface area contributed by atoms with Crippen molar-refractivity contribution in [1.29, 1.82) is 5.26 Å². The van der Waals surface area contributed by atoms with Crippen molar-refractivity contribution < 1.29 is 61.8 Å². The van der Waals surface area contributed by atoms with Gasteiger partial charge in [0, 0.05) is 59.5 Å². The number of nitrogens with zero attached hydrogens (tertiary/aromatic N) is 3. The summed E-state index contributed by atoms with van der Waals surface area (Å²) in [7, 11) is 5.01. The quantitative estimate of drug-likeness (QED) is 0.127.